The molecule has 1 aliphatic heterocycles. The molecule has 0 saturated carbocycles. The van der Waals surface area contributed by atoms with Crippen LogP contribution in [0.15, 0.2) is 24.3 Å². The Morgan fingerprint density at radius 2 is 2.26 bits per heavy atom. The topological polar surface area (TPSA) is 37.2 Å². The van der Waals surface area contributed by atoms with Crippen molar-refractivity contribution in [1.29, 1.82) is 0 Å². The fraction of sp³-hybridized carbons (Fsp3) is 0.375. The normalized spacial score (nSPS) is 21.6. The first-order valence-electron chi connectivity index (χ1n) is 6.98. The molecule has 2 aliphatic rings. The van der Waals surface area contributed by atoms with Gasteiger partial charge in [0.1, 0.15) is 0 Å². The van der Waals surface area contributed by atoms with Gasteiger partial charge in [-0.3, -0.25) is 0 Å². The van der Waals surface area contributed by atoms with Gasteiger partial charge >= 0.3 is 0 Å². The quantitative estimate of drug-likeness (QED) is 0.756. The van der Waals surface area contributed by atoms with Crippen molar-refractivity contribution >= 4 is 16.6 Å². The summed E-state index contributed by atoms with van der Waals surface area (Å²) in [6, 6.07) is 6.63. The predicted octanol–water partition coefficient (Wildman–Crippen LogP) is 2.20. The number of rotatable bonds is 0. The molecule has 4 rings (SSSR count). The van der Waals surface area contributed by atoms with Crippen molar-refractivity contribution in [1.82, 2.24) is 9.88 Å². The summed E-state index contributed by atoms with van der Waals surface area (Å²) < 4.78 is 2.29. The first kappa shape index (κ1) is 11.1. The minimum Gasteiger partial charge on any atom is -0.389 e. The maximum atomic E-state index is 10.1. The molecule has 1 aliphatic carbocycles. The number of aliphatic hydroxyl groups is 1. The van der Waals surface area contributed by atoms with Gasteiger partial charge in [-0.1, -0.05) is 17.7 Å². The van der Waals surface area contributed by atoms with E-state index >= 15 is 0 Å². The third-order valence-electron chi connectivity index (χ3n) is 4.24. The second kappa shape index (κ2) is 3.87. The van der Waals surface area contributed by atoms with Gasteiger partial charge in [0.25, 0.3) is 0 Å². The van der Waals surface area contributed by atoms with E-state index in [4.69, 9.17) is 0 Å². The Labute approximate surface area is 112 Å². The summed E-state index contributed by atoms with van der Waals surface area (Å²) in [6.07, 6.45) is 4.12. The number of aliphatic hydroxyl groups excluding tert-OH is 1. The number of allylic oxidation sites excluding steroid dienone is 1. The van der Waals surface area contributed by atoms with Crippen molar-refractivity contribution in [3.05, 3.63) is 41.1 Å². The average Bonchev–Trinajstić information content (AvgIpc) is 2.60. The number of hydrogen-bond donors (Lipinski definition) is 2. The zero-order valence-electron chi connectivity index (χ0n) is 11.1. The molecule has 1 unspecified atom stereocenters. The zero-order valence-corrected chi connectivity index (χ0v) is 11.1. The summed E-state index contributed by atoms with van der Waals surface area (Å²) in [4.78, 5) is 0. The van der Waals surface area contributed by atoms with Crippen LogP contribution in [0.2, 0.25) is 0 Å². The molecule has 2 aromatic rings. The number of fused-ring (bicyclic) bond motifs is 3. The number of benzene rings is 1. The molecule has 0 bridgehead atoms. The highest BCUT2D eigenvalue weighted by Gasteiger charge is 2.26. The van der Waals surface area contributed by atoms with Crippen molar-refractivity contribution in [2.45, 2.75) is 32.4 Å². The number of aryl methyl sites for hydroxylation is 2. The highest BCUT2D eigenvalue weighted by molar-refractivity contribution is 5.91. The molecule has 1 atom stereocenters. The minimum absolute atomic E-state index is 0.326. The van der Waals surface area contributed by atoms with Gasteiger partial charge in [-0.2, -0.15) is 0 Å². The Morgan fingerprint density at radius 3 is 3.16 bits per heavy atom. The summed E-state index contributed by atoms with van der Waals surface area (Å²) >= 11 is 0. The lowest BCUT2D eigenvalue weighted by atomic mass is 9.98. The van der Waals surface area contributed by atoms with E-state index in [9.17, 15) is 5.11 Å². The molecule has 2 heterocycles. The van der Waals surface area contributed by atoms with Gasteiger partial charge in [0, 0.05) is 17.4 Å². The van der Waals surface area contributed by atoms with E-state index in [1.807, 2.05) is 0 Å². The van der Waals surface area contributed by atoms with Crippen LogP contribution in [-0.2, 0) is 13.0 Å². The third-order valence-corrected chi connectivity index (χ3v) is 4.24. The van der Waals surface area contributed by atoms with Gasteiger partial charge in [-0.25, -0.2) is 0 Å². The number of nitrogens with zero attached hydrogens (tertiary/aromatic N) is 1. The van der Waals surface area contributed by atoms with Crippen LogP contribution < -0.4 is 5.32 Å². The Morgan fingerprint density at radius 1 is 1.37 bits per heavy atom. The predicted molar refractivity (Wildman–Crippen MR) is 77.0 cm³/mol. The SMILES string of the molecule is Cc1ccc2c(c1)c1c3n2CC(O)CNC3=CCC1. The molecule has 1 aromatic heterocycles. The molecule has 0 spiro atoms. The second-order valence-corrected chi connectivity index (χ2v) is 5.65. The molecule has 98 valence electrons. The van der Waals surface area contributed by atoms with E-state index in [1.54, 1.807) is 0 Å². The van der Waals surface area contributed by atoms with E-state index in [-0.39, 0.29) is 6.10 Å². The van der Waals surface area contributed by atoms with Gasteiger partial charge in [0.15, 0.2) is 0 Å². The second-order valence-electron chi connectivity index (χ2n) is 5.65. The Bertz CT molecular complexity index is 696. The van der Waals surface area contributed by atoms with Crippen molar-refractivity contribution in [3.63, 3.8) is 0 Å². The van der Waals surface area contributed by atoms with Crippen LogP contribution in [0.1, 0.15) is 23.2 Å². The van der Waals surface area contributed by atoms with Gasteiger partial charge in [-0.05, 0) is 37.5 Å². The van der Waals surface area contributed by atoms with Crippen LogP contribution in [0, 0.1) is 6.92 Å². The van der Waals surface area contributed by atoms with Crippen LogP contribution in [-0.4, -0.2) is 22.3 Å². The molecular formula is C16H18N2O. The molecule has 1 aromatic carbocycles. The van der Waals surface area contributed by atoms with Gasteiger partial charge in [0.05, 0.1) is 24.0 Å². The summed E-state index contributed by atoms with van der Waals surface area (Å²) in [7, 11) is 0. The first-order chi connectivity index (χ1) is 9.24. The largest absolute Gasteiger partial charge is 0.389 e. The van der Waals surface area contributed by atoms with E-state index in [0.29, 0.717) is 13.1 Å². The maximum Gasteiger partial charge on any atom is 0.0891 e. The zero-order chi connectivity index (χ0) is 13.0. The van der Waals surface area contributed by atoms with E-state index in [2.05, 4.69) is 41.1 Å². The number of hydrogen-bond acceptors (Lipinski definition) is 2. The summed E-state index contributed by atoms with van der Waals surface area (Å²) in [6.45, 7) is 3.46. The van der Waals surface area contributed by atoms with E-state index in [1.165, 1.54) is 33.4 Å². The molecule has 19 heavy (non-hydrogen) atoms. The summed E-state index contributed by atoms with van der Waals surface area (Å²) in [5.74, 6) is 0. The molecule has 0 amide bonds. The smallest absolute Gasteiger partial charge is 0.0891 e. The molecule has 2 N–H and O–H groups in total. The Hall–Kier alpha value is -1.74. The van der Waals surface area contributed by atoms with Crippen LogP contribution >= 0.6 is 0 Å². The highest BCUT2D eigenvalue weighted by atomic mass is 16.3. The van der Waals surface area contributed by atoms with E-state index < -0.39 is 0 Å². The first-order valence-corrected chi connectivity index (χ1v) is 6.98. The lowest BCUT2D eigenvalue weighted by molar-refractivity contribution is 0.161. The Balaban J connectivity index is 2.09. The number of aromatic nitrogens is 1. The molecule has 0 fully saturated rings. The maximum absolute atomic E-state index is 10.1. The van der Waals surface area contributed by atoms with Gasteiger partial charge in [0.2, 0.25) is 0 Å². The van der Waals surface area contributed by atoms with Crippen LogP contribution in [0.25, 0.3) is 16.6 Å². The van der Waals surface area contributed by atoms with Crippen molar-refractivity contribution in [3.8, 4) is 0 Å². The van der Waals surface area contributed by atoms with Crippen LogP contribution in [0.4, 0.5) is 0 Å². The van der Waals surface area contributed by atoms with Crippen LogP contribution in [0.3, 0.4) is 0 Å². The summed E-state index contributed by atoms with van der Waals surface area (Å²) in [5.41, 5.74) is 6.49. The van der Waals surface area contributed by atoms with Crippen molar-refractivity contribution in [2.75, 3.05) is 6.54 Å². The lowest BCUT2D eigenvalue weighted by Gasteiger charge is -2.15. The minimum atomic E-state index is -0.326. The highest BCUT2D eigenvalue weighted by Crippen LogP contribution is 2.36. The Kier molecular flexibility index (Phi) is 2.27. The number of nitrogens with one attached hydrogen (secondary N) is 1. The van der Waals surface area contributed by atoms with Gasteiger partial charge < -0.3 is 15.0 Å². The molecule has 0 radical (unpaired) electrons. The lowest BCUT2D eigenvalue weighted by Crippen LogP contribution is -2.25. The van der Waals surface area contributed by atoms with E-state index in [0.717, 1.165) is 12.8 Å². The third kappa shape index (κ3) is 1.55. The molecule has 3 heteroatoms. The standard InChI is InChI=1S/C16H18N2O/c1-10-5-6-15-13(7-10)12-3-2-4-14-16(12)18(15)9-11(19)8-17-14/h4-7,11,17,19H,2-3,8-9H2,1H3. The van der Waals surface area contributed by atoms with Crippen LogP contribution in [0.5, 0.6) is 0 Å². The monoisotopic (exact) mass is 254 g/mol. The summed E-state index contributed by atoms with van der Waals surface area (Å²) in [5, 5.41) is 14.8. The fourth-order valence-corrected chi connectivity index (χ4v) is 3.41. The van der Waals surface area contributed by atoms with Crippen molar-refractivity contribution < 1.29 is 5.11 Å². The number of β-amino-alcohol motifs (C(OH)–C–C–N with tert-alkyl or cyclic N) is 1. The average molecular weight is 254 g/mol. The van der Waals surface area contributed by atoms with Crippen molar-refractivity contribution in [2.24, 2.45) is 0 Å². The molecular weight excluding hydrogens is 236 g/mol. The van der Waals surface area contributed by atoms with Gasteiger partial charge in [-0.15, -0.1) is 0 Å². The molecule has 0 saturated heterocycles. The fourth-order valence-electron chi connectivity index (χ4n) is 3.41. The molecule has 3 nitrogen and oxygen atoms in total.